The molecule has 4 aromatic rings. The fraction of sp³-hybridized carbons (Fsp3) is 0.167. The summed E-state index contributed by atoms with van der Waals surface area (Å²) in [5.41, 5.74) is 4.42. The first-order valence-electron chi connectivity index (χ1n) is 10.6. The smallest absolute Gasteiger partial charge is 0.276 e. The Hall–Kier alpha value is -4.60. The molecule has 2 amide bonds. The lowest BCUT2D eigenvalue weighted by molar-refractivity contribution is -0.749. The molecule has 170 valence electrons. The topological polar surface area (TPSA) is 99.6 Å². The summed E-state index contributed by atoms with van der Waals surface area (Å²) >= 11 is 0. The van der Waals surface area contributed by atoms with Gasteiger partial charge in [-0.25, -0.2) is 14.8 Å². The highest BCUT2D eigenvalue weighted by molar-refractivity contribution is 6.07. The Morgan fingerprint density at radius 2 is 1.53 bits per heavy atom. The third-order valence-electron chi connectivity index (χ3n) is 5.62. The second-order valence-corrected chi connectivity index (χ2v) is 8.18. The molecule has 0 fully saturated rings. The molecule has 4 bridgehead atoms. The summed E-state index contributed by atoms with van der Waals surface area (Å²) in [5, 5.41) is 19.7. The number of amidine groups is 1. The summed E-state index contributed by atoms with van der Waals surface area (Å²) < 4.78 is 2.55. The number of benzene rings is 2. The van der Waals surface area contributed by atoms with Gasteiger partial charge >= 0.3 is 11.7 Å². The number of carbonyl (C=O) groups excluding carboxylic acids is 1. The molecule has 10 nitrogen and oxygen atoms in total. The van der Waals surface area contributed by atoms with Crippen molar-refractivity contribution in [3.05, 3.63) is 76.7 Å². The number of urea groups is 1. The highest BCUT2D eigenvalue weighted by Crippen LogP contribution is 2.22. The molecule has 1 aromatic heterocycles. The van der Waals surface area contributed by atoms with Crippen LogP contribution in [0.4, 0.5) is 4.79 Å². The summed E-state index contributed by atoms with van der Waals surface area (Å²) in [6.07, 6.45) is 0. The molecule has 0 atom stereocenters. The van der Waals surface area contributed by atoms with Crippen molar-refractivity contribution in [3.63, 3.8) is 0 Å². The first-order valence-corrected chi connectivity index (χ1v) is 10.6. The quantitative estimate of drug-likeness (QED) is 0.464. The zero-order chi connectivity index (χ0) is 24.0. The lowest BCUT2D eigenvalue weighted by Gasteiger charge is -2.29. The van der Waals surface area contributed by atoms with E-state index in [1.165, 1.54) is 19.4 Å². The zero-order valence-electron chi connectivity index (χ0n) is 19.2. The van der Waals surface area contributed by atoms with Gasteiger partial charge in [0.2, 0.25) is 5.82 Å². The van der Waals surface area contributed by atoms with Crippen molar-refractivity contribution in [2.75, 3.05) is 14.1 Å². The summed E-state index contributed by atoms with van der Waals surface area (Å²) in [4.78, 5) is 24.0. The maximum absolute atomic E-state index is 12.0. The number of hydrazine groups is 1. The maximum atomic E-state index is 12.0. The van der Waals surface area contributed by atoms with E-state index in [2.05, 4.69) is 32.9 Å². The molecule has 1 aliphatic heterocycles. The second-order valence-electron chi connectivity index (χ2n) is 8.18. The monoisotopic (exact) mass is 455 g/mol. The van der Waals surface area contributed by atoms with Gasteiger partial charge in [0, 0.05) is 25.2 Å². The minimum atomic E-state index is -0.294. The van der Waals surface area contributed by atoms with Gasteiger partial charge in [0.1, 0.15) is 14.1 Å². The van der Waals surface area contributed by atoms with Crippen molar-refractivity contribution in [3.8, 4) is 11.4 Å². The summed E-state index contributed by atoms with van der Waals surface area (Å²) in [5.74, 6) is 1.04. The van der Waals surface area contributed by atoms with Crippen LogP contribution < -0.4 is 15.8 Å². The molecule has 0 radical (unpaired) electrons. The minimum Gasteiger partial charge on any atom is -0.276 e. The van der Waals surface area contributed by atoms with E-state index in [9.17, 15) is 9.59 Å². The van der Waals surface area contributed by atoms with Gasteiger partial charge in [-0.3, -0.25) is 5.43 Å². The normalized spacial score (nSPS) is 13.8. The van der Waals surface area contributed by atoms with Crippen LogP contribution >= 0.6 is 0 Å². The predicted molar refractivity (Wildman–Crippen MR) is 128 cm³/mol. The number of hydrogen-bond acceptors (Lipinski definition) is 6. The molecular formula is C24H23N8O2+. The van der Waals surface area contributed by atoms with Crippen LogP contribution in [0.25, 0.3) is 32.9 Å². The van der Waals surface area contributed by atoms with Crippen LogP contribution in [-0.2, 0) is 14.1 Å². The third kappa shape index (κ3) is 3.85. The maximum Gasteiger partial charge on any atom is 0.539 e. The molecule has 2 heterocycles. The number of amides is 2. The molecule has 0 saturated carbocycles. The number of nitrogens with zero attached hydrogens (tertiary/aromatic N) is 7. The molecule has 0 aliphatic carbocycles. The largest absolute Gasteiger partial charge is 0.539 e. The van der Waals surface area contributed by atoms with Crippen molar-refractivity contribution in [2.45, 2.75) is 0 Å². The average Bonchev–Trinajstić information content (AvgIpc) is 2.82. The van der Waals surface area contributed by atoms with Gasteiger partial charge in [0.25, 0.3) is 0 Å². The molecule has 10 heteroatoms. The minimum absolute atomic E-state index is 0.242. The van der Waals surface area contributed by atoms with Crippen molar-refractivity contribution < 1.29 is 9.48 Å². The van der Waals surface area contributed by atoms with Crippen molar-refractivity contribution in [2.24, 2.45) is 19.2 Å². The fourth-order valence-corrected chi connectivity index (χ4v) is 3.88. The number of aryl methyl sites for hydroxylation is 2. The zero-order valence-corrected chi connectivity index (χ0v) is 19.2. The Morgan fingerprint density at radius 1 is 0.853 bits per heavy atom. The molecule has 5 rings (SSSR count). The van der Waals surface area contributed by atoms with Gasteiger partial charge in [-0.05, 0) is 51.9 Å². The number of aromatic nitrogens is 4. The summed E-state index contributed by atoms with van der Waals surface area (Å²) in [6.45, 7) is 0. The lowest BCUT2D eigenvalue weighted by Crippen LogP contribution is -2.54. The van der Waals surface area contributed by atoms with E-state index in [0.29, 0.717) is 11.7 Å². The van der Waals surface area contributed by atoms with Gasteiger partial charge in [-0.15, -0.1) is 5.10 Å². The Kier molecular flexibility index (Phi) is 5.05. The highest BCUT2D eigenvalue weighted by atomic mass is 16.2. The fourth-order valence-electron chi connectivity index (χ4n) is 3.88. The van der Waals surface area contributed by atoms with E-state index < -0.39 is 0 Å². The number of hydrogen-bond donors (Lipinski definition) is 1. The van der Waals surface area contributed by atoms with Crippen molar-refractivity contribution >= 4 is 33.4 Å². The Morgan fingerprint density at radius 3 is 2.24 bits per heavy atom. The Labute approximate surface area is 195 Å². The Bertz CT molecular complexity index is 1570. The summed E-state index contributed by atoms with van der Waals surface area (Å²) in [7, 11) is 6.50. The molecule has 0 unspecified atom stereocenters. The molecule has 0 spiro atoms. The van der Waals surface area contributed by atoms with Crippen LogP contribution in [0, 0.1) is 0 Å². The first kappa shape index (κ1) is 21.3. The molecule has 1 N–H and O–H groups in total. The molecule has 3 aromatic carbocycles. The van der Waals surface area contributed by atoms with Gasteiger partial charge in [0.05, 0.1) is 0 Å². The van der Waals surface area contributed by atoms with Crippen molar-refractivity contribution in [1.29, 1.82) is 0 Å². The standard InChI is InChI=1S/C24H23N8O2/c1-29-23(33)30(2)26-21(25-29)19-13-16-6-5-15-8-10-20(18(12-15)9-7-17(11-16)14-19)22-27-31(3)24(34)32(4)28-22/h5-14H,1-4H3,(H,27,28)/q+1. The van der Waals surface area contributed by atoms with E-state index in [-0.39, 0.29) is 11.7 Å². The number of carbonyl (C=O) groups is 1. The van der Waals surface area contributed by atoms with E-state index in [0.717, 1.165) is 32.7 Å². The number of nitrogens with one attached hydrogen (secondary N) is 1. The number of rotatable bonds is 2. The molecule has 1 aliphatic rings. The number of hydrazone groups is 1. The molecule has 34 heavy (non-hydrogen) atoms. The number of fused-ring (bicyclic) bond motifs is 4. The lowest BCUT2D eigenvalue weighted by atomic mass is 10.0. The summed E-state index contributed by atoms with van der Waals surface area (Å²) in [6, 6.07) is 20.0. The second kappa shape index (κ2) is 8.07. The van der Waals surface area contributed by atoms with Gasteiger partial charge in [-0.1, -0.05) is 49.9 Å². The molecule has 0 saturated heterocycles. The Balaban J connectivity index is 1.69. The van der Waals surface area contributed by atoms with Gasteiger partial charge < -0.3 is 0 Å². The van der Waals surface area contributed by atoms with E-state index in [4.69, 9.17) is 0 Å². The third-order valence-corrected chi connectivity index (χ3v) is 5.62. The van der Waals surface area contributed by atoms with Crippen LogP contribution in [0.5, 0.6) is 0 Å². The molecular weight excluding hydrogens is 432 g/mol. The van der Waals surface area contributed by atoms with E-state index in [1.54, 1.807) is 28.2 Å². The van der Waals surface area contributed by atoms with Gasteiger partial charge in [-0.2, -0.15) is 4.79 Å². The SMILES string of the molecule is CN1N=C(c2ccc3ccc4cc(-c5nn(C)c(=O)[n+](C)n5)cc(ccc2c3)c4)NN(C)C1=O. The van der Waals surface area contributed by atoms with Crippen LogP contribution in [-0.4, -0.2) is 50.9 Å². The first-order chi connectivity index (χ1) is 16.3. The highest BCUT2D eigenvalue weighted by Gasteiger charge is 2.22. The van der Waals surface area contributed by atoms with Gasteiger partial charge in [0.15, 0.2) is 5.84 Å². The van der Waals surface area contributed by atoms with Crippen LogP contribution in [0.15, 0.2) is 70.6 Å². The van der Waals surface area contributed by atoms with Crippen molar-refractivity contribution in [1.82, 2.24) is 30.3 Å². The van der Waals surface area contributed by atoms with E-state index in [1.807, 2.05) is 48.5 Å². The van der Waals surface area contributed by atoms with Crippen LogP contribution in [0.2, 0.25) is 0 Å². The predicted octanol–water partition coefficient (Wildman–Crippen LogP) is 1.70. The van der Waals surface area contributed by atoms with Crippen LogP contribution in [0.3, 0.4) is 0 Å². The van der Waals surface area contributed by atoms with E-state index >= 15 is 0 Å². The van der Waals surface area contributed by atoms with Crippen LogP contribution in [0.1, 0.15) is 5.56 Å². The average molecular weight is 456 g/mol.